The molecule has 0 unspecified atom stereocenters. The van der Waals surface area contributed by atoms with Gasteiger partial charge in [-0.3, -0.25) is 0 Å². The van der Waals surface area contributed by atoms with E-state index in [1.807, 2.05) is 0 Å². The molecule has 0 fully saturated rings. The average molecular weight is 292 g/mol. The maximum absolute atomic E-state index is 3.98. The molecule has 0 aromatic carbocycles. The van der Waals surface area contributed by atoms with Crippen LogP contribution < -0.4 is 5.09 Å². The zero-order valence-corrected chi connectivity index (χ0v) is 16.0. The van der Waals surface area contributed by atoms with Crippen molar-refractivity contribution in [3.8, 4) is 0 Å². The molecular formula is C14H37N4P. The van der Waals surface area contributed by atoms with Gasteiger partial charge in [0.2, 0.25) is 0 Å². The first kappa shape index (κ1) is 19.3. The van der Waals surface area contributed by atoms with Crippen molar-refractivity contribution in [1.29, 1.82) is 0 Å². The summed E-state index contributed by atoms with van der Waals surface area (Å²) < 4.78 is 7.08. The molecule has 0 aliphatic carbocycles. The van der Waals surface area contributed by atoms with Crippen molar-refractivity contribution < 1.29 is 0 Å². The molecule has 0 aliphatic rings. The van der Waals surface area contributed by atoms with Crippen molar-refractivity contribution in [1.82, 2.24) is 19.1 Å². The standard InChI is InChI=1S/C14H37N4P/c1-13(2,3)12-14(4,5)15-19(16(6)7,17(8)9)18(10)11/h15,19H,12H2,1-11H3. The molecule has 4 nitrogen and oxygen atoms in total. The minimum atomic E-state index is -2.01. The van der Waals surface area contributed by atoms with Crippen molar-refractivity contribution >= 4 is 7.87 Å². The Morgan fingerprint density at radius 3 is 1.26 bits per heavy atom. The Balaban J connectivity index is 5.33. The summed E-state index contributed by atoms with van der Waals surface area (Å²) in [6.07, 6.45) is 1.14. The number of hydrogen-bond donors (Lipinski definition) is 1. The second-order valence-electron chi connectivity index (χ2n) is 8.07. The van der Waals surface area contributed by atoms with Gasteiger partial charge in [0.05, 0.1) is 0 Å². The fourth-order valence-electron chi connectivity index (χ4n) is 3.36. The van der Waals surface area contributed by atoms with Crippen molar-refractivity contribution in [2.75, 3.05) is 42.3 Å². The number of hydrogen-bond acceptors (Lipinski definition) is 4. The zero-order valence-electron chi connectivity index (χ0n) is 15.0. The van der Waals surface area contributed by atoms with Crippen LogP contribution in [0.4, 0.5) is 0 Å². The Morgan fingerprint density at radius 2 is 1.05 bits per heavy atom. The molecule has 19 heavy (non-hydrogen) atoms. The Labute approximate surface area is 122 Å². The first-order chi connectivity index (χ1) is 8.24. The van der Waals surface area contributed by atoms with Crippen LogP contribution in [-0.4, -0.2) is 61.8 Å². The molecule has 0 saturated heterocycles. The third kappa shape index (κ3) is 5.28. The van der Waals surface area contributed by atoms with Crippen LogP contribution in [0.3, 0.4) is 0 Å². The van der Waals surface area contributed by atoms with Crippen molar-refractivity contribution in [2.24, 2.45) is 5.41 Å². The van der Waals surface area contributed by atoms with E-state index in [9.17, 15) is 0 Å². The van der Waals surface area contributed by atoms with Crippen LogP contribution in [0.1, 0.15) is 41.0 Å². The van der Waals surface area contributed by atoms with Crippen LogP contribution in [0, 0.1) is 5.41 Å². The summed E-state index contributed by atoms with van der Waals surface area (Å²) in [6, 6.07) is 0. The summed E-state index contributed by atoms with van der Waals surface area (Å²) in [4.78, 5) is 0. The predicted molar refractivity (Wildman–Crippen MR) is 90.7 cm³/mol. The summed E-state index contributed by atoms with van der Waals surface area (Å²) in [5, 5.41) is 3.98. The van der Waals surface area contributed by atoms with Gasteiger partial charge in [-0.15, -0.1) is 0 Å². The topological polar surface area (TPSA) is 21.8 Å². The van der Waals surface area contributed by atoms with Crippen LogP contribution in [0.2, 0.25) is 0 Å². The first-order valence-corrected chi connectivity index (χ1v) is 8.90. The number of nitrogens with one attached hydrogen (secondary N) is 1. The van der Waals surface area contributed by atoms with Gasteiger partial charge < -0.3 is 0 Å². The summed E-state index contributed by atoms with van der Waals surface area (Å²) in [5.74, 6) is 0. The molecule has 0 amide bonds. The predicted octanol–water partition coefficient (Wildman–Crippen LogP) is 2.89. The van der Waals surface area contributed by atoms with Gasteiger partial charge in [-0.1, -0.05) is 0 Å². The minimum absolute atomic E-state index is 0.100. The molecule has 0 aromatic heterocycles. The van der Waals surface area contributed by atoms with Gasteiger partial charge in [-0.2, -0.15) is 0 Å². The quantitative estimate of drug-likeness (QED) is 0.760. The van der Waals surface area contributed by atoms with E-state index < -0.39 is 7.87 Å². The third-order valence-corrected chi connectivity index (χ3v) is 8.10. The van der Waals surface area contributed by atoms with E-state index >= 15 is 0 Å². The molecule has 0 atom stereocenters. The molecule has 0 bridgehead atoms. The van der Waals surface area contributed by atoms with Crippen LogP contribution >= 0.6 is 7.87 Å². The molecular weight excluding hydrogens is 255 g/mol. The Bertz CT molecular complexity index is 258. The molecule has 0 rings (SSSR count). The summed E-state index contributed by atoms with van der Waals surface area (Å²) in [6.45, 7) is 11.6. The third-order valence-electron chi connectivity index (χ3n) is 3.35. The van der Waals surface area contributed by atoms with Crippen molar-refractivity contribution in [3.63, 3.8) is 0 Å². The molecule has 0 aliphatic heterocycles. The van der Waals surface area contributed by atoms with Crippen molar-refractivity contribution in [2.45, 2.75) is 46.6 Å². The molecule has 0 spiro atoms. The van der Waals surface area contributed by atoms with E-state index in [2.05, 4.69) is 96.0 Å². The molecule has 118 valence electrons. The van der Waals surface area contributed by atoms with E-state index in [0.29, 0.717) is 5.41 Å². The Kier molecular flexibility index (Phi) is 6.45. The van der Waals surface area contributed by atoms with Crippen LogP contribution in [0.25, 0.3) is 0 Å². The van der Waals surface area contributed by atoms with Crippen LogP contribution in [0.15, 0.2) is 0 Å². The maximum atomic E-state index is 3.98. The van der Waals surface area contributed by atoms with Gasteiger partial charge in [0.25, 0.3) is 0 Å². The Hall–Kier alpha value is 0.270. The summed E-state index contributed by atoms with van der Waals surface area (Å²) in [5.41, 5.74) is 0.421. The summed E-state index contributed by atoms with van der Waals surface area (Å²) >= 11 is 0. The average Bonchev–Trinajstić information content (AvgIpc) is 2.08. The molecule has 0 heterocycles. The van der Waals surface area contributed by atoms with E-state index in [-0.39, 0.29) is 5.54 Å². The monoisotopic (exact) mass is 292 g/mol. The second kappa shape index (κ2) is 6.36. The van der Waals surface area contributed by atoms with E-state index in [1.165, 1.54) is 0 Å². The Morgan fingerprint density at radius 1 is 0.737 bits per heavy atom. The molecule has 0 aromatic rings. The van der Waals surface area contributed by atoms with Crippen LogP contribution in [0.5, 0.6) is 0 Å². The number of nitrogens with zero attached hydrogens (tertiary/aromatic N) is 3. The first-order valence-electron chi connectivity index (χ1n) is 7.06. The fourth-order valence-corrected chi connectivity index (χ4v) is 7.43. The molecule has 5 heteroatoms. The zero-order chi connectivity index (χ0) is 15.6. The molecule has 0 saturated carbocycles. The van der Waals surface area contributed by atoms with E-state index in [4.69, 9.17) is 0 Å². The van der Waals surface area contributed by atoms with Crippen LogP contribution in [-0.2, 0) is 0 Å². The molecule has 1 N–H and O–H groups in total. The van der Waals surface area contributed by atoms with Gasteiger partial charge in [0.15, 0.2) is 0 Å². The normalized spacial score (nSPS) is 15.7. The van der Waals surface area contributed by atoms with Gasteiger partial charge >= 0.3 is 121 Å². The van der Waals surface area contributed by atoms with E-state index in [1.54, 1.807) is 0 Å². The fraction of sp³-hybridized carbons (Fsp3) is 1.00. The van der Waals surface area contributed by atoms with Gasteiger partial charge in [-0.05, 0) is 0 Å². The van der Waals surface area contributed by atoms with Gasteiger partial charge in [-0.25, -0.2) is 0 Å². The number of rotatable bonds is 6. The molecule has 0 radical (unpaired) electrons. The van der Waals surface area contributed by atoms with Crippen molar-refractivity contribution in [3.05, 3.63) is 0 Å². The van der Waals surface area contributed by atoms with Gasteiger partial charge in [0.1, 0.15) is 0 Å². The summed E-state index contributed by atoms with van der Waals surface area (Å²) in [7, 11) is 11.0. The SMILES string of the molecule is CN(C)[PH](NC(C)(C)CC(C)(C)C)(N(C)C)N(C)C. The van der Waals surface area contributed by atoms with E-state index in [0.717, 1.165) is 6.42 Å². The second-order valence-corrected chi connectivity index (χ2v) is 12.3. The van der Waals surface area contributed by atoms with Gasteiger partial charge in [0, 0.05) is 0 Å².